The van der Waals surface area contributed by atoms with Crippen molar-refractivity contribution < 1.29 is 0 Å². The fourth-order valence-corrected chi connectivity index (χ4v) is 6.48. The smallest absolute Gasteiger partial charge is 0.0677 e. The zero-order valence-electron chi connectivity index (χ0n) is 20.9. The van der Waals surface area contributed by atoms with Crippen molar-refractivity contribution in [1.29, 1.82) is 0 Å². The summed E-state index contributed by atoms with van der Waals surface area (Å²) in [6.07, 6.45) is 15.2. The van der Waals surface area contributed by atoms with Crippen molar-refractivity contribution in [3.8, 4) is 22.3 Å². The summed E-state index contributed by atoms with van der Waals surface area (Å²) in [5.74, 6) is 0.225. The zero-order chi connectivity index (χ0) is 24.7. The Morgan fingerprint density at radius 1 is 0.649 bits per heavy atom. The maximum absolute atomic E-state index is 5.02. The maximum Gasteiger partial charge on any atom is 0.0677 e. The van der Waals surface area contributed by atoms with Crippen LogP contribution in [0.5, 0.6) is 0 Å². The average Bonchev–Trinajstić information content (AvgIpc) is 3.05. The molecule has 174 valence electrons. The number of nitrogens with zero attached hydrogens (tertiary/aromatic N) is 1. The SMILES string of the molecule is Cc1ccc2c(c1)c(C1=CC3C=CC=CC(=C3)C=N1)cc1c3ccc(C)c4c3c(cc21)-c1ccccc1-4. The van der Waals surface area contributed by atoms with Gasteiger partial charge in [0.1, 0.15) is 0 Å². The van der Waals surface area contributed by atoms with Crippen molar-refractivity contribution in [1.82, 2.24) is 0 Å². The van der Waals surface area contributed by atoms with Gasteiger partial charge in [0.15, 0.2) is 0 Å². The molecule has 1 nitrogen and oxygen atoms in total. The second kappa shape index (κ2) is 7.51. The quantitative estimate of drug-likeness (QED) is 0.212. The van der Waals surface area contributed by atoms with Gasteiger partial charge in [-0.05, 0) is 97.8 Å². The van der Waals surface area contributed by atoms with E-state index in [2.05, 4.69) is 117 Å². The van der Waals surface area contributed by atoms with Crippen molar-refractivity contribution >= 4 is 44.2 Å². The second-order valence-electron chi connectivity index (χ2n) is 10.5. The van der Waals surface area contributed by atoms with Gasteiger partial charge in [0.25, 0.3) is 0 Å². The molecule has 0 saturated heterocycles. The maximum atomic E-state index is 5.02. The molecule has 2 aliphatic carbocycles. The largest absolute Gasteiger partial charge is 0.256 e. The first-order valence-electron chi connectivity index (χ1n) is 13.0. The van der Waals surface area contributed by atoms with Gasteiger partial charge < -0.3 is 0 Å². The highest BCUT2D eigenvalue weighted by Crippen LogP contribution is 2.51. The highest BCUT2D eigenvalue weighted by Gasteiger charge is 2.25. The van der Waals surface area contributed by atoms with E-state index in [4.69, 9.17) is 4.99 Å². The highest BCUT2D eigenvalue weighted by molar-refractivity contribution is 6.28. The number of benzene rings is 5. The van der Waals surface area contributed by atoms with Crippen molar-refractivity contribution in [3.05, 3.63) is 125 Å². The van der Waals surface area contributed by atoms with E-state index in [1.54, 1.807) is 0 Å². The third-order valence-corrected chi connectivity index (χ3v) is 8.18. The molecule has 0 amide bonds. The summed E-state index contributed by atoms with van der Waals surface area (Å²) in [5, 5.41) is 7.87. The summed E-state index contributed by atoms with van der Waals surface area (Å²) in [6.45, 7) is 4.42. The molecular formula is C36H25N. The van der Waals surface area contributed by atoms with Crippen LogP contribution in [-0.4, -0.2) is 6.21 Å². The van der Waals surface area contributed by atoms with Crippen LogP contribution in [0.4, 0.5) is 0 Å². The third kappa shape index (κ3) is 2.95. The Hall–Kier alpha value is -4.49. The topological polar surface area (TPSA) is 12.4 Å². The lowest BCUT2D eigenvalue weighted by Crippen LogP contribution is -1.93. The minimum atomic E-state index is 0.225. The number of allylic oxidation sites excluding steroid dienone is 7. The Bertz CT molecular complexity index is 1990. The highest BCUT2D eigenvalue weighted by atomic mass is 14.7. The van der Waals surface area contributed by atoms with Crippen molar-refractivity contribution in [2.75, 3.05) is 0 Å². The van der Waals surface area contributed by atoms with Gasteiger partial charge in [-0.15, -0.1) is 0 Å². The Kier molecular flexibility index (Phi) is 4.19. The van der Waals surface area contributed by atoms with E-state index in [0.29, 0.717) is 0 Å². The van der Waals surface area contributed by atoms with Gasteiger partial charge in [0, 0.05) is 17.7 Å². The lowest BCUT2D eigenvalue weighted by atomic mass is 9.88. The normalized spacial score (nSPS) is 17.2. The van der Waals surface area contributed by atoms with Crippen molar-refractivity contribution in [2.24, 2.45) is 10.9 Å². The molecule has 37 heavy (non-hydrogen) atoms. The fraction of sp³-hybridized carbons (Fsp3) is 0.0833. The standard InChI is InChI=1S/C36H25N/c1-21-11-13-26-29(15-21)32(34-17-23-7-3-4-8-24(16-23)20-37-34)18-31-28-14-12-22(2)35-27-10-6-5-9-25(27)33(36(28)35)19-30(26)31/h3-20,23H,1-2H3. The number of hydrogen-bond donors (Lipinski definition) is 0. The first-order chi connectivity index (χ1) is 18.2. The molecule has 1 aliphatic heterocycles. The zero-order valence-corrected chi connectivity index (χ0v) is 20.9. The van der Waals surface area contributed by atoms with E-state index in [1.807, 2.05) is 6.21 Å². The summed E-state index contributed by atoms with van der Waals surface area (Å²) in [5.41, 5.74) is 11.4. The summed E-state index contributed by atoms with van der Waals surface area (Å²) in [7, 11) is 0. The number of hydrogen-bond acceptors (Lipinski definition) is 1. The van der Waals surface area contributed by atoms with Gasteiger partial charge in [0.05, 0.1) is 5.70 Å². The van der Waals surface area contributed by atoms with Crippen LogP contribution in [0.1, 0.15) is 16.7 Å². The molecule has 1 unspecified atom stereocenters. The molecule has 5 aromatic carbocycles. The fourth-order valence-electron chi connectivity index (χ4n) is 6.48. The predicted octanol–water partition coefficient (Wildman–Crippen LogP) is 9.50. The van der Waals surface area contributed by atoms with Crippen LogP contribution in [0.3, 0.4) is 0 Å². The molecule has 0 aromatic heterocycles. The minimum absolute atomic E-state index is 0.225. The van der Waals surface area contributed by atoms with E-state index >= 15 is 0 Å². The van der Waals surface area contributed by atoms with E-state index < -0.39 is 0 Å². The molecule has 1 heteroatoms. The van der Waals surface area contributed by atoms with E-state index in [1.165, 1.54) is 71.3 Å². The Morgan fingerprint density at radius 3 is 2.38 bits per heavy atom. The van der Waals surface area contributed by atoms with Crippen LogP contribution >= 0.6 is 0 Å². The van der Waals surface area contributed by atoms with Crippen LogP contribution in [0.15, 0.2) is 114 Å². The van der Waals surface area contributed by atoms with E-state index in [9.17, 15) is 0 Å². The van der Waals surface area contributed by atoms with Crippen LogP contribution < -0.4 is 0 Å². The summed E-state index contributed by atoms with van der Waals surface area (Å²) < 4.78 is 0. The summed E-state index contributed by atoms with van der Waals surface area (Å²) in [6, 6.07) is 25.2. The van der Waals surface area contributed by atoms with Gasteiger partial charge in [-0.3, -0.25) is 4.99 Å². The number of aliphatic imine (C=N–C) groups is 1. The molecule has 8 rings (SSSR count). The first-order valence-corrected chi connectivity index (χ1v) is 13.0. The van der Waals surface area contributed by atoms with Gasteiger partial charge in [-0.1, -0.05) is 90.5 Å². The number of aryl methyl sites for hydroxylation is 2. The summed E-state index contributed by atoms with van der Waals surface area (Å²) >= 11 is 0. The Morgan fingerprint density at radius 2 is 1.46 bits per heavy atom. The molecule has 1 atom stereocenters. The molecule has 0 spiro atoms. The van der Waals surface area contributed by atoms with E-state index in [0.717, 1.165) is 11.3 Å². The minimum Gasteiger partial charge on any atom is -0.256 e. The van der Waals surface area contributed by atoms with Crippen LogP contribution in [0, 0.1) is 19.8 Å². The predicted molar refractivity (Wildman–Crippen MR) is 159 cm³/mol. The molecule has 0 saturated carbocycles. The van der Waals surface area contributed by atoms with E-state index in [-0.39, 0.29) is 5.92 Å². The van der Waals surface area contributed by atoms with Crippen LogP contribution in [0.25, 0.3) is 60.3 Å². The molecule has 3 aliphatic rings. The van der Waals surface area contributed by atoms with Crippen LogP contribution in [-0.2, 0) is 0 Å². The molecule has 0 N–H and O–H groups in total. The van der Waals surface area contributed by atoms with Crippen LogP contribution in [0.2, 0.25) is 0 Å². The number of fused-ring (bicyclic) bond motifs is 8. The molecule has 0 fully saturated rings. The Labute approximate surface area is 216 Å². The van der Waals surface area contributed by atoms with Crippen molar-refractivity contribution in [2.45, 2.75) is 13.8 Å². The Balaban J connectivity index is 1.51. The number of rotatable bonds is 1. The second-order valence-corrected chi connectivity index (χ2v) is 10.5. The first kappa shape index (κ1) is 20.7. The molecule has 2 bridgehead atoms. The third-order valence-electron chi connectivity index (χ3n) is 8.18. The lowest BCUT2D eigenvalue weighted by molar-refractivity contribution is 1.07. The van der Waals surface area contributed by atoms with Crippen molar-refractivity contribution in [3.63, 3.8) is 0 Å². The molecular weight excluding hydrogens is 446 g/mol. The monoisotopic (exact) mass is 471 g/mol. The van der Waals surface area contributed by atoms with Gasteiger partial charge in [-0.2, -0.15) is 0 Å². The molecule has 1 heterocycles. The van der Waals surface area contributed by atoms with Gasteiger partial charge >= 0.3 is 0 Å². The summed E-state index contributed by atoms with van der Waals surface area (Å²) in [4.78, 5) is 5.02. The van der Waals surface area contributed by atoms with Gasteiger partial charge in [-0.25, -0.2) is 0 Å². The molecule has 5 aromatic rings. The molecule has 0 radical (unpaired) electrons. The lowest BCUT2D eigenvalue weighted by Gasteiger charge is -2.16. The van der Waals surface area contributed by atoms with Gasteiger partial charge in [0.2, 0.25) is 0 Å². The average molecular weight is 472 g/mol.